The maximum Gasteiger partial charge on any atom is 0.232 e. The molecule has 0 radical (unpaired) electrons. The number of hydrogen-bond donors (Lipinski definition) is 3. The molecule has 11 heteroatoms. The number of nitrogens with zero attached hydrogens (tertiary/aromatic N) is 2. The van der Waals surface area contributed by atoms with Crippen molar-refractivity contribution in [1.29, 1.82) is 0 Å². The lowest BCUT2D eigenvalue weighted by molar-refractivity contribution is -0.123. The Morgan fingerprint density at radius 2 is 1.60 bits per heavy atom. The average Bonchev–Trinajstić information content (AvgIpc) is 3.79. The van der Waals surface area contributed by atoms with Crippen LogP contribution in [0.2, 0.25) is 0 Å². The predicted molar refractivity (Wildman–Crippen MR) is 165 cm³/mol. The molecule has 1 aromatic carbocycles. The van der Waals surface area contributed by atoms with Gasteiger partial charge in [-0.05, 0) is 43.2 Å². The second-order valence-corrected chi connectivity index (χ2v) is 12.7. The Labute approximate surface area is 254 Å². The van der Waals surface area contributed by atoms with Crippen LogP contribution in [0.1, 0.15) is 71.1 Å². The topological polar surface area (TPSA) is 141 Å². The molecule has 236 valence electrons. The predicted octanol–water partition coefficient (Wildman–Crippen LogP) is 5.02. The van der Waals surface area contributed by atoms with E-state index in [0.717, 1.165) is 18.4 Å². The van der Waals surface area contributed by atoms with Crippen molar-refractivity contribution in [3.8, 4) is 17.2 Å². The highest BCUT2D eigenvalue weighted by molar-refractivity contribution is 5.95. The van der Waals surface area contributed by atoms with E-state index in [1.807, 2.05) is 32.9 Å². The molecular formula is C32H46N4O7. The van der Waals surface area contributed by atoms with Gasteiger partial charge in [-0.3, -0.25) is 14.9 Å². The van der Waals surface area contributed by atoms with Crippen molar-refractivity contribution in [1.82, 2.24) is 9.97 Å². The van der Waals surface area contributed by atoms with Gasteiger partial charge in [0.05, 0.1) is 20.3 Å². The molecule has 1 aliphatic carbocycles. The average molecular weight is 599 g/mol. The molecule has 2 aromatic rings. The Morgan fingerprint density at radius 1 is 0.977 bits per heavy atom. The van der Waals surface area contributed by atoms with E-state index in [0.29, 0.717) is 47.0 Å². The number of benzene rings is 1. The summed E-state index contributed by atoms with van der Waals surface area (Å²) in [6.45, 7) is 10.8. The summed E-state index contributed by atoms with van der Waals surface area (Å²) < 4.78 is 22.4. The highest BCUT2D eigenvalue weighted by Gasteiger charge is 2.29. The minimum atomic E-state index is -0.672. The molecule has 1 aromatic heterocycles. The summed E-state index contributed by atoms with van der Waals surface area (Å²) in [5, 5.41) is 16.2. The second-order valence-electron chi connectivity index (χ2n) is 12.7. The third kappa shape index (κ3) is 9.14. The van der Waals surface area contributed by atoms with Crippen LogP contribution in [0.25, 0.3) is 6.08 Å². The van der Waals surface area contributed by atoms with Crippen LogP contribution < -0.4 is 24.8 Å². The number of methoxy groups -OCH3 is 3. The molecule has 3 N–H and O–H groups in total. The number of aryl methyl sites for hydroxylation is 2. The van der Waals surface area contributed by atoms with Crippen LogP contribution in [0.3, 0.4) is 0 Å². The monoisotopic (exact) mass is 598 g/mol. The molecule has 0 aliphatic heterocycles. The van der Waals surface area contributed by atoms with E-state index >= 15 is 0 Å². The van der Waals surface area contributed by atoms with Crippen molar-refractivity contribution in [2.45, 2.75) is 73.3 Å². The highest BCUT2D eigenvalue weighted by Crippen LogP contribution is 2.44. The zero-order chi connectivity index (χ0) is 31.9. The summed E-state index contributed by atoms with van der Waals surface area (Å²) in [6.07, 6.45) is 7.54. The molecule has 0 bridgehead atoms. The largest absolute Gasteiger partial charge is 0.493 e. The summed E-state index contributed by atoms with van der Waals surface area (Å²) in [7, 11) is 4.61. The highest BCUT2D eigenvalue weighted by atomic mass is 16.7. The number of hydrogen-bond acceptors (Lipinski definition) is 9. The van der Waals surface area contributed by atoms with E-state index in [1.54, 1.807) is 40.2 Å². The molecule has 2 amide bonds. The van der Waals surface area contributed by atoms with Gasteiger partial charge in [-0.1, -0.05) is 53.7 Å². The third-order valence-corrected chi connectivity index (χ3v) is 6.98. The van der Waals surface area contributed by atoms with Crippen LogP contribution in [0.15, 0.2) is 18.3 Å². The Morgan fingerprint density at radius 3 is 2.16 bits per heavy atom. The van der Waals surface area contributed by atoms with Gasteiger partial charge in [-0.2, -0.15) is 4.98 Å². The normalized spacial score (nSPS) is 14.4. The van der Waals surface area contributed by atoms with Gasteiger partial charge in [0.2, 0.25) is 23.5 Å². The number of nitrogens with one attached hydrogen (secondary N) is 2. The first kappa shape index (κ1) is 33.8. The molecule has 1 heterocycles. The first-order chi connectivity index (χ1) is 20.2. The Kier molecular flexibility index (Phi) is 11.1. The van der Waals surface area contributed by atoms with Gasteiger partial charge < -0.3 is 29.4 Å². The van der Waals surface area contributed by atoms with Gasteiger partial charge in [0.15, 0.2) is 18.3 Å². The maximum atomic E-state index is 13.0. The summed E-state index contributed by atoms with van der Waals surface area (Å²) in [5.41, 5.74) is 0.914. The number of amides is 2. The lowest BCUT2D eigenvalue weighted by Gasteiger charge is -2.21. The first-order valence-corrected chi connectivity index (χ1v) is 14.4. The summed E-state index contributed by atoms with van der Waals surface area (Å²) >= 11 is 0. The molecule has 1 fully saturated rings. The fourth-order valence-electron chi connectivity index (χ4n) is 4.08. The van der Waals surface area contributed by atoms with Crippen LogP contribution in [0.5, 0.6) is 17.2 Å². The zero-order valence-electron chi connectivity index (χ0n) is 26.8. The number of carbonyl (C=O) groups is 2. The molecule has 1 atom stereocenters. The van der Waals surface area contributed by atoms with Gasteiger partial charge in [0.25, 0.3) is 0 Å². The van der Waals surface area contributed by atoms with E-state index in [1.165, 1.54) is 14.2 Å². The first-order valence-electron chi connectivity index (χ1n) is 14.4. The van der Waals surface area contributed by atoms with Crippen LogP contribution in [0.4, 0.5) is 11.8 Å². The van der Waals surface area contributed by atoms with E-state index in [4.69, 9.17) is 18.9 Å². The fourth-order valence-corrected chi connectivity index (χ4v) is 4.08. The van der Waals surface area contributed by atoms with Crippen molar-refractivity contribution < 1.29 is 33.6 Å². The number of carbonyl (C=O) groups excluding carboxylic acids is 2. The van der Waals surface area contributed by atoms with Gasteiger partial charge in [0, 0.05) is 35.3 Å². The third-order valence-electron chi connectivity index (χ3n) is 6.98. The number of aromatic nitrogens is 2. The van der Waals surface area contributed by atoms with Gasteiger partial charge >= 0.3 is 0 Å². The number of rotatable bonds is 13. The maximum absolute atomic E-state index is 13.0. The fraction of sp³-hybridized carbons (Fsp3) is 0.562. The van der Waals surface area contributed by atoms with E-state index in [2.05, 4.69) is 20.6 Å². The van der Waals surface area contributed by atoms with Gasteiger partial charge in [-0.25, -0.2) is 4.98 Å². The smallest absolute Gasteiger partial charge is 0.232 e. The van der Waals surface area contributed by atoms with Crippen LogP contribution in [0, 0.1) is 16.7 Å². The zero-order valence-corrected chi connectivity index (χ0v) is 26.8. The number of aliphatic hydroxyl groups excluding tert-OH is 1. The molecule has 1 saturated carbocycles. The standard InChI is InChI=1S/C32H46N4O7/c1-31(2,3)28(38)34-27-21(17-33-30(35-27)36-29(39)32(4,5)6)13-12-20-16-24(41-8)26(42-9)25(43-18-40-7)22(20)14-15-23(37)19-10-11-19/h14-17,19,23,37H,10-13,18H2,1-9H3,(H2,33,34,35,36,38,39). The number of aliphatic hydroxyl groups is 1. The van der Waals surface area contributed by atoms with Crippen molar-refractivity contribution >= 4 is 29.7 Å². The van der Waals surface area contributed by atoms with E-state index in [9.17, 15) is 14.7 Å². The van der Waals surface area contributed by atoms with Crippen LogP contribution in [-0.4, -0.2) is 61.1 Å². The molecule has 43 heavy (non-hydrogen) atoms. The summed E-state index contributed by atoms with van der Waals surface area (Å²) in [5.74, 6) is 1.52. The SMILES string of the molecule is COCOc1c(C=CC(O)C2CC2)c(CCc2cnc(NC(=O)C(C)(C)C)nc2NC(=O)C(C)(C)C)cc(OC)c1OC. The molecule has 11 nitrogen and oxygen atoms in total. The number of ether oxygens (including phenoxy) is 4. The molecule has 1 unspecified atom stereocenters. The molecule has 3 rings (SSSR count). The van der Waals surface area contributed by atoms with Crippen LogP contribution in [-0.2, 0) is 27.2 Å². The van der Waals surface area contributed by atoms with Crippen LogP contribution >= 0.6 is 0 Å². The molecule has 0 spiro atoms. The minimum Gasteiger partial charge on any atom is -0.493 e. The Balaban J connectivity index is 2.04. The Bertz CT molecular complexity index is 1320. The lowest BCUT2D eigenvalue weighted by atomic mass is 9.95. The van der Waals surface area contributed by atoms with E-state index in [-0.39, 0.29) is 30.5 Å². The lowest BCUT2D eigenvalue weighted by Crippen LogP contribution is -2.30. The Hall–Kier alpha value is -3.70. The van der Waals surface area contributed by atoms with Crippen molar-refractivity contribution in [3.05, 3.63) is 35.0 Å². The van der Waals surface area contributed by atoms with E-state index < -0.39 is 16.9 Å². The summed E-state index contributed by atoms with van der Waals surface area (Å²) in [4.78, 5) is 34.4. The van der Waals surface area contributed by atoms with Crippen molar-refractivity contribution in [3.63, 3.8) is 0 Å². The second kappa shape index (κ2) is 14.2. The van der Waals surface area contributed by atoms with Gasteiger partial charge in [-0.15, -0.1) is 0 Å². The summed E-state index contributed by atoms with van der Waals surface area (Å²) in [6, 6.07) is 1.87. The quantitative estimate of drug-likeness (QED) is 0.271. The minimum absolute atomic E-state index is 0.0203. The van der Waals surface area contributed by atoms with Crippen molar-refractivity contribution in [2.24, 2.45) is 16.7 Å². The molecular weight excluding hydrogens is 552 g/mol. The molecule has 1 aliphatic rings. The van der Waals surface area contributed by atoms with Crippen molar-refractivity contribution in [2.75, 3.05) is 38.8 Å². The number of anilines is 2. The van der Waals surface area contributed by atoms with Gasteiger partial charge in [0.1, 0.15) is 5.82 Å². The molecule has 0 saturated heterocycles.